The molecular weight excluding hydrogens is 751 g/mol. The Balaban J connectivity index is 0.00000504. The van der Waals surface area contributed by atoms with E-state index in [0.29, 0.717) is 17.9 Å². The molecule has 54 heavy (non-hydrogen) atoms. The zero-order valence-electron chi connectivity index (χ0n) is 31.7. The molecule has 0 spiro atoms. The van der Waals surface area contributed by atoms with Gasteiger partial charge in [0.25, 0.3) is 5.91 Å². The number of nitrogens with zero attached hydrogens (tertiary/aromatic N) is 4. The third kappa shape index (κ3) is 15.9. The van der Waals surface area contributed by atoms with E-state index < -0.39 is 42.0 Å². The van der Waals surface area contributed by atoms with Crippen LogP contribution in [0, 0.1) is 0 Å². The molecule has 0 saturated carbocycles. The molecule has 1 unspecified atom stereocenters. The first kappa shape index (κ1) is 48.2. The average molecular weight is 799 g/mol. The number of rotatable bonds is 23. The molecule has 0 saturated heterocycles. The molecule has 1 atom stereocenters. The van der Waals surface area contributed by atoms with Crippen molar-refractivity contribution in [2.75, 3.05) is 5.01 Å². The molecule has 0 bridgehead atoms. The van der Waals surface area contributed by atoms with E-state index >= 15 is 0 Å². The van der Waals surface area contributed by atoms with Gasteiger partial charge >= 0.3 is 59.1 Å². The van der Waals surface area contributed by atoms with E-state index in [1.54, 1.807) is 30.3 Å². The number of ether oxygens (including phenoxy) is 1. The first-order valence-corrected chi connectivity index (χ1v) is 21.0. The summed E-state index contributed by atoms with van der Waals surface area (Å²) >= 11 is 0. The van der Waals surface area contributed by atoms with Gasteiger partial charge in [0.05, 0.1) is 26.9 Å². The summed E-state index contributed by atoms with van der Waals surface area (Å²) in [6, 6.07) is 15.8. The maximum absolute atomic E-state index is 13.7. The molecule has 0 fully saturated rings. The smallest absolute Gasteiger partial charge is 0.744 e. The van der Waals surface area contributed by atoms with Crippen LogP contribution in [0.2, 0.25) is 0 Å². The van der Waals surface area contributed by atoms with Crippen molar-refractivity contribution in [2.24, 2.45) is 15.3 Å². The van der Waals surface area contributed by atoms with Crippen LogP contribution in [0.25, 0.3) is 0 Å². The van der Waals surface area contributed by atoms with Gasteiger partial charge in [-0.25, -0.2) is 16.8 Å². The number of hydrogen-bond acceptors (Lipinski definition) is 11. The monoisotopic (exact) mass is 798 g/mol. The Hall–Kier alpha value is -1.98. The Labute approximate surface area is 364 Å². The van der Waals surface area contributed by atoms with Crippen LogP contribution in [0.4, 0.5) is 11.4 Å². The molecular formula is C38H48N4Na2O8S2. The van der Waals surface area contributed by atoms with Crippen molar-refractivity contribution in [2.45, 2.75) is 125 Å². The number of unbranched alkanes of at least 4 members (excludes halogenated alkanes) is 14. The van der Waals surface area contributed by atoms with Crippen molar-refractivity contribution in [1.29, 1.82) is 0 Å². The van der Waals surface area contributed by atoms with Crippen LogP contribution >= 0.6 is 0 Å². The molecule has 3 aromatic rings. The van der Waals surface area contributed by atoms with Crippen LogP contribution < -0.4 is 68.9 Å². The fourth-order valence-electron chi connectivity index (χ4n) is 5.98. The molecule has 4 rings (SSSR count). The number of hydrazone groups is 1. The van der Waals surface area contributed by atoms with Gasteiger partial charge in [-0.3, -0.25) is 4.79 Å². The molecule has 12 nitrogen and oxygen atoms in total. The summed E-state index contributed by atoms with van der Waals surface area (Å²) in [5.41, 5.74) is 0.669. The molecule has 1 heterocycles. The normalized spacial score (nSPS) is 14.5. The third-order valence-corrected chi connectivity index (χ3v) is 10.6. The van der Waals surface area contributed by atoms with Crippen molar-refractivity contribution in [1.82, 2.24) is 0 Å². The van der Waals surface area contributed by atoms with Gasteiger partial charge in [-0.1, -0.05) is 115 Å². The molecule has 0 radical (unpaired) electrons. The van der Waals surface area contributed by atoms with E-state index in [9.17, 15) is 30.7 Å². The van der Waals surface area contributed by atoms with E-state index in [4.69, 9.17) is 4.74 Å². The Morgan fingerprint density at radius 3 is 1.76 bits per heavy atom. The number of carbonyl (C=O) groups is 1. The van der Waals surface area contributed by atoms with Crippen LogP contribution in [0.5, 0.6) is 11.5 Å². The number of hydrogen-bond donors (Lipinski definition) is 0. The first-order valence-electron chi connectivity index (χ1n) is 18.2. The fourth-order valence-corrected chi connectivity index (χ4v) is 7.07. The van der Waals surface area contributed by atoms with Crippen LogP contribution in [0.3, 0.4) is 0 Å². The summed E-state index contributed by atoms with van der Waals surface area (Å²) in [5, 5.41) is 13.9. The second-order valence-electron chi connectivity index (χ2n) is 13.0. The number of carbonyl (C=O) groups excluding carboxylic acids is 1. The van der Waals surface area contributed by atoms with Gasteiger partial charge in [0.2, 0.25) is 0 Å². The number of azo groups is 1. The molecule has 1 amide bonds. The summed E-state index contributed by atoms with van der Waals surface area (Å²) < 4.78 is 76.4. The second kappa shape index (κ2) is 24.6. The summed E-state index contributed by atoms with van der Waals surface area (Å²) in [4.78, 5) is 12.6. The largest absolute Gasteiger partial charge is 1.00 e. The maximum Gasteiger partial charge on any atom is 1.00 e. The molecule has 0 N–H and O–H groups in total. The van der Waals surface area contributed by atoms with Gasteiger partial charge in [-0.05, 0) is 67.4 Å². The second-order valence-corrected chi connectivity index (χ2v) is 15.7. The predicted molar refractivity (Wildman–Crippen MR) is 198 cm³/mol. The van der Waals surface area contributed by atoms with Crippen molar-refractivity contribution >= 4 is 43.2 Å². The van der Waals surface area contributed by atoms with Gasteiger partial charge in [0.1, 0.15) is 31.7 Å². The Kier molecular flexibility index (Phi) is 22.0. The summed E-state index contributed by atoms with van der Waals surface area (Å²) in [7, 11) is -9.66. The first-order chi connectivity index (χ1) is 25.0. The minimum absolute atomic E-state index is 0. The number of amides is 1. The predicted octanol–water partition coefficient (Wildman–Crippen LogP) is 3.41. The Bertz CT molecular complexity index is 1880. The van der Waals surface area contributed by atoms with E-state index in [1.165, 1.54) is 94.9 Å². The molecule has 16 heteroatoms. The maximum atomic E-state index is 13.7. The molecule has 1 aliphatic rings. The number of anilines is 1. The molecule has 0 aromatic heterocycles. The Morgan fingerprint density at radius 1 is 0.704 bits per heavy atom. The SMILES string of the molecule is CCCCCCCCCCCCCCCCCC1=NN(c2ccc(Oc3ccccc3)c(S(=O)(=O)[O-])c2)C(=O)C1N=Nc1ccc(S(=O)(=O)[O-])cc1.[Na+].[Na+]. The van der Waals surface area contributed by atoms with Crippen LogP contribution in [-0.4, -0.2) is 43.6 Å². The van der Waals surface area contributed by atoms with Gasteiger partial charge < -0.3 is 13.8 Å². The summed E-state index contributed by atoms with van der Waals surface area (Å²) in [5.74, 6) is -0.481. The van der Waals surface area contributed by atoms with E-state index in [2.05, 4.69) is 22.3 Å². The van der Waals surface area contributed by atoms with Gasteiger partial charge in [0, 0.05) is 0 Å². The van der Waals surface area contributed by atoms with Crippen molar-refractivity contribution in [3.05, 3.63) is 72.8 Å². The molecule has 1 aliphatic heterocycles. The third-order valence-electron chi connectivity index (χ3n) is 8.85. The zero-order valence-corrected chi connectivity index (χ0v) is 37.3. The van der Waals surface area contributed by atoms with Gasteiger partial charge in [-0.15, -0.1) is 0 Å². The average Bonchev–Trinajstić information content (AvgIpc) is 3.43. The van der Waals surface area contributed by atoms with Gasteiger partial charge in [0.15, 0.2) is 6.04 Å². The topological polar surface area (TPSA) is 181 Å². The van der Waals surface area contributed by atoms with Gasteiger partial charge in [-0.2, -0.15) is 20.3 Å². The number of benzene rings is 3. The Morgan fingerprint density at radius 2 is 1.24 bits per heavy atom. The van der Waals surface area contributed by atoms with Crippen molar-refractivity contribution < 1.29 is 94.6 Å². The zero-order chi connectivity index (χ0) is 37.4. The van der Waals surface area contributed by atoms with E-state index in [-0.39, 0.29) is 76.2 Å². The van der Waals surface area contributed by atoms with Crippen molar-refractivity contribution in [3.8, 4) is 11.5 Å². The standard InChI is InChI=1S/C38H50N4O8S2.2Na/c1-2-3-4-5-6-7-8-9-10-11-12-13-14-15-19-22-34-37(40-39-30-23-26-33(27-24-30)51(44,45)46)38(43)42(41-34)31-25-28-35(36(29-31)52(47,48)49)50-32-20-17-16-18-21-32;;/h16-18,20-21,23-29,37H,2-15,19,22H2,1H3,(H,44,45,46)(H,47,48,49);;/q;2*+1/p-2. The summed E-state index contributed by atoms with van der Waals surface area (Å²) in [6.07, 6.45) is 18.5. The van der Waals surface area contributed by atoms with Crippen LogP contribution in [-0.2, 0) is 25.0 Å². The molecule has 282 valence electrons. The fraction of sp³-hybridized carbons (Fsp3) is 0.474. The van der Waals surface area contributed by atoms with E-state index in [1.807, 2.05) is 0 Å². The minimum Gasteiger partial charge on any atom is -0.744 e. The van der Waals surface area contributed by atoms with E-state index in [0.717, 1.165) is 48.9 Å². The van der Waals surface area contributed by atoms with Crippen molar-refractivity contribution in [3.63, 3.8) is 0 Å². The molecule has 3 aromatic carbocycles. The van der Waals surface area contributed by atoms with Crippen LogP contribution in [0.15, 0.2) is 97.9 Å². The number of para-hydroxylation sites is 1. The van der Waals surface area contributed by atoms with Crippen LogP contribution in [0.1, 0.15) is 110 Å². The molecule has 0 aliphatic carbocycles. The summed E-state index contributed by atoms with van der Waals surface area (Å²) in [6.45, 7) is 2.24. The minimum atomic E-state index is -5.02. The quantitative estimate of drug-likeness (QED) is 0.0606.